The van der Waals surface area contributed by atoms with E-state index in [0.29, 0.717) is 10.7 Å². The van der Waals surface area contributed by atoms with Crippen molar-refractivity contribution in [2.24, 2.45) is 0 Å². The molecule has 2 heterocycles. The molecule has 0 spiro atoms. The largest absolute Gasteiger partial charge is 0.480 e. The van der Waals surface area contributed by atoms with Crippen molar-refractivity contribution in [1.29, 1.82) is 0 Å². The van der Waals surface area contributed by atoms with Gasteiger partial charge in [-0.1, -0.05) is 11.6 Å². The second-order valence-corrected chi connectivity index (χ2v) is 6.96. The average Bonchev–Trinajstić information content (AvgIpc) is 2.94. The summed E-state index contributed by atoms with van der Waals surface area (Å²) in [6, 6.07) is 6.66. The van der Waals surface area contributed by atoms with Crippen LogP contribution in [0.1, 0.15) is 6.42 Å². The van der Waals surface area contributed by atoms with Gasteiger partial charge in [0, 0.05) is 28.6 Å². The number of aliphatic carboxylic acids is 1. The van der Waals surface area contributed by atoms with E-state index < -0.39 is 11.2 Å². The van der Waals surface area contributed by atoms with Gasteiger partial charge in [0.25, 0.3) is 0 Å². The number of amides is 2. The lowest BCUT2D eigenvalue weighted by Gasteiger charge is -2.23. The molecule has 1 aromatic heterocycles. The maximum Gasteiger partial charge on any atom is 0.325 e. The van der Waals surface area contributed by atoms with Crippen LogP contribution in [0.3, 0.4) is 0 Å². The van der Waals surface area contributed by atoms with Crippen molar-refractivity contribution >= 4 is 52.7 Å². The van der Waals surface area contributed by atoms with Gasteiger partial charge < -0.3 is 15.7 Å². The number of hydrogen-bond acceptors (Lipinski definition) is 5. The Morgan fingerprint density at radius 1 is 1.40 bits per heavy atom. The van der Waals surface area contributed by atoms with Gasteiger partial charge in [-0.15, -0.1) is 11.8 Å². The molecule has 2 aromatic rings. The van der Waals surface area contributed by atoms with Crippen molar-refractivity contribution < 1.29 is 19.5 Å². The zero-order valence-corrected chi connectivity index (χ0v) is 14.3. The summed E-state index contributed by atoms with van der Waals surface area (Å²) in [4.78, 5) is 35.7. The van der Waals surface area contributed by atoms with Crippen molar-refractivity contribution in [2.45, 2.75) is 23.1 Å². The predicted molar refractivity (Wildman–Crippen MR) is 92.8 cm³/mol. The molecule has 3 rings (SSSR count). The molecular weight excluding hydrogens is 368 g/mol. The fourth-order valence-corrected chi connectivity index (χ4v) is 3.54. The summed E-state index contributed by atoms with van der Waals surface area (Å²) in [6.45, 7) is -0.296. The maximum atomic E-state index is 12.1. The number of carbonyl (C=O) groups is 3. The second kappa shape index (κ2) is 7.16. The number of benzene rings is 1. The van der Waals surface area contributed by atoms with Crippen LogP contribution in [0.15, 0.2) is 35.4 Å². The number of aromatic nitrogens is 2. The highest BCUT2D eigenvalue weighted by Gasteiger charge is 2.29. The summed E-state index contributed by atoms with van der Waals surface area (Å²) in [6.07, 6.45) is 1.41. The molecule has 0 saturated heterocycles. The Kier molecular flexibility index (Phi) is 4.95. The highest BCUT2D eigenvalue weighted by Crippen LogP contribution is 2.38. The summed E-state index contributed by atoms with van der Waals surface area (Å²) in [5, 5.41) is 17.9. The lowest BCUT2D eigenvalue weighted by atomic mass is 10.2. The molecule has 0 aliphatic carbocycles. The number of hydrogen-bond donors (Lipinski definition) is 3. The van der Waals surface area contributed by atoms with Crippen LogP contribution in [-0.2, 0) is 20.9 Å². The number of fused-ring (bicyclic) bond motifs is 1. The summed E-state index contributed by atoms with van der Waals surface area (Å²) in [7, 11) is 0. The van der Waals surface area contributed by atoms with Crippen LogP contribution in [0.4, 0.5) is 11.5 Å². The van der Waals surface area contributed by atoms with Crippen molar-refractivity contribution in [3.05, 3.63) is 35.5 Å². The lowest BCUT2D eigenvalue weighted by Crippen LogP contribution is -2.32. The summed E-state index contributed by atoms with van der Waals surface area (Å²) in [5.41, 5.74) is 0.631. The van der Waals surface area contributed by atoms with E-state index in [4.69, 9.17) is 16.7 Å². The van der Waals surface area contributed by atoms with Gasteiger partial charge in [-0.3, -0.25) is 19.1 Å². The normalized spacial score (nSPS) is 16.0. The third-order valence-corrected chi connectivity index (χ3v) is 4.85. The van der Waals surface area contributed by atoms with Crippen molar-refractivity contribution in [3.63, 3.8) is 0 Å². The molecule has 1 aliphatic rings. The monoisotopic (exact) mass is 380 g/mol. The SMILES string of the molecule is O=C(O)Cn1ccc(NC(=O)CC2Sc3ccc(Cl)cc3NC2=O)n1. The van der Waals surface area contributed by atoms with Crippen LogP contribution in [0.25, 0.3) is 0 Å². The molecular formula is C15H13ClN4O4S. The number of thioether (sulfide) groups is 1. The molecule has 25 heavy (non-hydrogen) atoms. The van der Waals surface area contributed by atoms with Crippen LogP contribution in [0, 0.1) is 0 Å². The minimum absolute atomic E-state index is 0.0373. The Morgan fingerprint density at radius 2 is 2.20 bits per heavy atom. The summed E-state index contributed by atoms with van der Waals surface area (Å²) < 4.78 is 1.19. The highest BCUT2D eigenvalue weighted by molar-refractivity contribution is 8.01. The zero-order valence-electron chi connectivity index (χ0n) is 12.7. The second-order valence-electron chi connectivity index (χ2n) is 5.28. The highest BCUT2D eigenvalue weighted by atomic mass is 35.5. The van der Waals surface area contributed by atoms with Crippen molar-refractivity contribution in [3.8, 4) is 0 Å². The molecule has 3 N–H and O–H groups in total. The fraction of sp³-hybridized carbons (Fsp3) is 0.200. The number of anilines is 2. The van der Waals surface area contributed by atoms with Gasteiger partial charge in [0.1, 0.15) is 6.54 Å². The Hall–Kier alpha value is -2.52. The molecule has 1 aliphatic heterocycles. The van der Waals surface area contributed by atoms with Crippen LogP contribution < -0.4 is 10.6 Å². The maximum absolute atomic E-state index is 12.1. The van der Waals surface area contributed by atoms with E-state index in [1.54, 1.807) is 18.2 Å². The molecule has 0 radical (unpaired) electrons. The van der Waals surface area contributed by atoms with Crippen LogP contribution in [0.2, 0.25) is 5.02 Å². The number of carboxylic acid groups (broad SMARTS) is 1. The third-order valence-electron chi connectivity index (χ3n) is 3.34. The Bertz CT molecular complexity index is 854. The van der Waals surface area contributed by atoms with Crippen molar-refractivity contribution in [2.75, 3.05) is 10.6 Å². The topological polar surface area (TPSA) is 113 Å². The van der Waals surface area contributed by atoms with Gasteiger partial charge in [-0.2, -0.15) is 5.10 Å². The van der Waals surface area contributed by atoms with Gasteiger partial charge in [0.2, 0.25) is 11.8 Å². The van der Waals surface area contributed by atoms with Gasteiger partial charge in [0.15, 0.2) is 5.82 Å². The first kappa shape index (κ1) is 17.3. The van der Waals surface area contributed by atoms with Crippen molar-refractivity contribution in [1.82, 2.24) is 9.78 Å². The molecule has 8 nitrogen and oxygen atoms in total. The number of carbonyl (C=O) groups excluding carboxylic acids is 2. The molecule has 1 atom stereocenters. The Balaban J connectivity index is 1.61. The number of halogens is 1. The molecule has 2 amide bonds. The molecule has 0 saturated carbocycles. The van der Waals surface area contributed by atoms with Crippen LogP contribution >= 0.6 is 23.4 Å². The minimum atomic E-state index is -1.03. The third kappa shape index (κ3) is 4.31. The first-order valence-electron chi connectivity index (χ1n) is 7.23. The molecule has 1 unspecified atom stereocenters. The van der Waals surface area contributed by atoms with E-state index in [1.807, 2.05) is 0 Å². The quantitative estimate of drug-likeness (QED) is 0.731. The van der Waals surface area contributed by atoms with Gasteiger partial charge in [0.05, 0.1) is 10.9 Å². The van der Waals surface area contributed by atoms with E-state index in [1.165, 1.54) is 28.7 Å². The first-order chi connectivity index (χ1) is 11.9. The molecule has 0 fully saturated rings. The number of nitrogens with one attached hydrogen (secondary N) is 2. The fourth-order valence-electron chi connectivity index (χ4n) is 2.27. The minimum Gasteiger partial charge on any atom is -0.480 e. The Labute approximate surface area is 151 Å². The number of nitrogens with zero attached hydrogens (tertiary/aromatic N) is 2. The number of carboxylic acids is 1. The molecule has 130 valence electrons. The smallest absolute Gasteiger partial charge is 0.325 e. The van der Waals surface area contributed by atoms with E-state index in [-0.39, 0.29) is 30.6 Å². The average molecular weight is 381 g/mol. The van der Waals surface area contributed by atoms with Crippen LogP contribution in [-0.4, -0.2) is 37.9 Å². The molecule has 0 bridgehead atoms. The van der Waals surface area contributed by atoms with Gasteiger partial charge in [-0.25, -0.2) is 0 Å². The first-order valence-corrected chi connectivity index (χ1v) is 8.48. The molecule has 1 aromatic carbocycles. The molecule has 10 heteroatoms. The Morgan fingerprint density at radius 3 is 2.96 bits per heavy atom. The lowest BCUT2D eigenvalue weighted by molar-refractivity contribution is -0.137. The van der Waals surface area contributed by atoms with E-state index in [0.717, 1.165) is 4.90 Å². The predicted octanol–water partition coefficient (Wildman–Crippen LogP) is 2.06. The van der Waals surface area contributed by atoms with Gasteiger partial charge >= 0.3 is 5.97 Å². The summed E-state index contributed by atoms with van der Waals surface area (Å²) in [5.74, 6) is -1.45. The number of rotatable bonds is 5. The van der Waals surface area contributed by atoms with Crippen LogP contribution in [0.5, 0.6) is 0 Å². The van der Waals surface area contributed by atoms with E-state index >= 15 is 0 Å². The van der Waals surface area contributed by atoms with E-state index in [2.05, 4.69) is 15.7 Å². The summed E-state index contributed by atoms with van der Waals surface area (Å²) >= 11 is 7.19. The van der Waals surface area contributed by atoms with E-state index in [9.17, 15) is 14.4 Å². The zero-order chi connectivity index (χ0) is 18.0. The van der Waals surface area contributed by atoms with Gasteiger partial charge in [-0.05, 0) is 18.2 Å². The standard InChI is InChI=1S/C15H13ClN4O4S/c16-8-1-2-10-9(5-8)17-15(24)11(25-10)6-13(21)18-12-3-4-20(19-12)7-14(22)23/h1-5,11H,6-7H2,(H,17,24)(H,22,23)(H,18,19,21).